The van der Waals surface area contributed by atoms with Gasteiger partial charge in [-0.3, -0.25) is 0 Å². The van der Waals surface area contributed by atoms with Gasteiger partial charge in [0.2, 0.25) is 0 Å². The van der Waals surface area contributed by atoms with E-state index in [0.29, 0.717) is 5.92 Å². The monoisotopic (exact) mass is 415 g/mol. The average Bonchev–Trinajstić information content (AvgIpc) is 2.74. The highest BCUT2D eigenvalue weighted by Gasteiger charge is 2.35. The molecule has 1 aliphatic carbocycles. The minimum atomic E-state index is -3.50. The highest BCUT2D eigenvalue weighted by molar-refractivity contribution is 5.34. The maximum atomic E-state index is 14.7. The first-order valence-electron chi connectivity index (χ1n) is 10.7. The molecule has 30 heavy (non-hydrogen) atoms. The van der Waals surface area contributed by atoms with Crippen LogP contribution in [-0.4, -0.2) is 0 Å². The van der Waals surface area contributed by atoms with E-state index in [9.17, 15) is 13.2 Å². The summed E-state index contributed by atoms with van der Waals surface area (Å²) in [7, 11) is 0. The number of benzene rings is 2. The number of hydrogen-bond donors (Lipinski definition) is 0. The summed E-state index contributed by atoms with van der Waals surface area (Å²) in [5.41, 5.74) is 1.02. The Morgan fingerprint density at radius 3 is 2.33 bits per heavy atom. The molecule has 0 aliphatic heterocycles. The van der Waals surface area contributed by atoms with Crippen LogP contribution in [0.15, 0.2) is 42.5 Å². The van der Waals surface area contributed by atoms with Crippen molar-refractivity contribution in [2.24, 2.45) is 5.92 Å². The first-order chi connectivity index (χ1) is 14.3. The minimum absolute atomic E-state index is 0.128. The van der Waals surface area contributed by atoms with Gasteiger partial charge in [-0.2, -0.15) is 14.0 Å². The summed E-state index contributed by atoms with van der Waals surface area (Å²) in [6.07, 6.45) is 2.59. The van der Waals surface area contributed by atoms with Gasteiger partial charge < -0.3 is 4.74 Å². The van der Waals surface area contributed by atoms with Crippen molar-refractivity contribution < 1.29 is 17.9 Å². The van der Waals surface area contributed by atoms with Crippen molar-refractivity contribution in [1.82, 2.24) is 0 Å². The first kappa shape index (κ1) is 22.4. The highest BCUT2D eigenvalue weighted by Crippen LogP contribution is 2.39. The van der Waals surface area contributed by atoms with Crippen LogP contribution in [0.3, 0.4) is 0 Å². The van der Waals surface area contributed by atoms with Crippen molar-refractivity contribution in [3.63, 3.8) is 0 Å². The second-order valence-electron chi connectivity index (χ2n) is 8.26. The van der Waals surface area contributed by atoms with Gasteiger partial charge >= 0.3 is 6.11 Å². The van der Waals surface area contributed by atoms with Gasteiger partial charge in [0.15, 0.2) is 0 Å². The van der Waals surface area contributed by atoms with Crippen LogP contribution in [0.25, 0.3) is 0 Å². The van der Waals surface area contributed by atoms with Gasteiger partial charge in [-0.05, 0) is 67.7 Å². The Morgan fingerprint density at radius 2 is 1.77 bits per heavy atom. The Morgan fingerprint density at radius 1 is 1.10 bits per heavy atom. The smallest absolute Gasteiger partial charge is 0.309 e. The Kier molecular flexibility index (Phi) is 7.20. The van der Waals surface area contributed by atoms with Crippen molar-refractivity contribution in [2.75, 3.05) is 0 Å². The lowest BCUT2D eigenvalue weighted by Crippen LogP contribution is -2.21. The SMILES string of the molecule is CCCC1CCC(c2ccc(C(F)(F)OC(C)c3ccc(C#N)c(F)c3)cc2)CC1. The number of hydrogen-bond acceptors (Lipinski definition) is 2. The Balaban J connectivity index is 1.65. The summed E-state index contributed by atoms with van der Waals surface area (Å²) >= 11 is 0. The van der Waals surface area contributed by atoms with E-state index in [1.807, 2.05) is 0 Å². The molecule has 0 heterocycles. The van der Waals surface area contributed by atoms with Crippen LogP contribution in [0.4, 0.5) is 13.2 Å². The molecule has 0 radical (unpaired) electrons. The van der Waals surface area contributed by atoms with Crippen LogP contribution in [0, 0.1) is 23.1 Å². The molecule has 1 unspecified atom stereocenters. The first-order valence-corrected chi connectivity index (χ1v) is 10.7. The van der Waals surface area contributed by atoms with E-state index in [1.54, 1.807) is 18.2 Å². The number of ether oxygens (including phenoxy) is 1. The third kappa shape index (κ3) is 5.23. The zero-order valence-corrected chi connectivity index (χ0v) is 17.5. The summed E-state index contributed by atoms with van der Waals surface area (Å²) in [4.78, 5) is 0. The molecule has 1 fully saturated rings. The molecule has 0 spiro atoms. The van der Waals surface area contributed by atoms with E-state index in [4.69, 9.17) is 10.00 Å². The van der Waals surface area contributed by atoms with Gasteiger partial charge in [-0.15, -0.1) is 0 Å². The minimum Gasteiger partial charge on any atom is -0.309 e. The number of nitrogens with zero attached hydrogens (tertiary/aromatic N) is 1. The fourth-order valence-electron chi connectivity index (χ4n) is 4.38. The van der Waals surface area contributed by atoms with E-state index in [0.717, 1.165) is 30.4 Å². The Labute approximate surface area is 176 Å². The number of alkyl halides is 2. The van der Waals surface area contributed by atoms with Crippen LogP contribution in [-0.2, 0) is 10.8 Å². The van der Waals surface area contributed by atoms with E-state index in [1.165, 1.54) is 56.9 Å². The Bertz CT molecular complexity index is 880. The van der Waals surface area contributed by atoms with Gasteiger partial charge in [0, 0.05) is 0 Å². The summed E-state index contributed by atoms with van der Waals surface area (Å²) in [6.45, 7) is 3.66. The second kappa shape index (κ2) is 9.66. The highest BCUT2D eigenvalue weighted by atomic mass is 19.3. The average molecular weight is 415 g/mol. The van der Waals surface area contributed by atoms with Gasteiger partial charge in [0.05, 0.1) is 17.2 Å². The molecular formula is C25H28F3NO. The quantitative estimate of drug-likeness (QED) is 0.466. The molecule has 3 rings (SSSR count). The summed E-state index contributed by atoms with van der Waals surface area (Å²) in [5.74, 6) is 0.492. The molecule has 2 nitrogen and oxygen atoms in total. The lowest BCUT2D eigenvalue weighted by molar-refractivity contribution is -0.272. The van der Waals surface area contributed by atoms with Gasteiger partial charge in [0.1, 0.15) is 11.9 Å². The fourth-order valence-corrected chi connectivity index (χ4v) is 4.38. The predicted molar refractivity (Wildman–Crippen MR) is 111 cm³/mol. The van der Waals surface area contributed by atoms with Crippen LogP contribution < -0.4 is 0 Å². The molecule has 1 aliphatic rings. The third-order valence-corrected chi connectivity index (χ3v) is 6.17. The van der Waals surface area contributed by atoms with Crippen molar-refractivity contribution in [3.05, 3.63) is 70.5 Å². The molecule has 1 saturated carbocycles. The number of halogens is 3. The molecular weight excluding hydrogens is 387 g/mol. The van der Waals surface area contributed by atoms with Crippen molar-refractivity contribution in [2.45, 2.75) is 70.5 Å². The van der Waals surface area contributed by atoms with Crippen molar-refractivity contribution in [1.29, 1.82) is 5.26 Å². The number of nitriles is 1. The summed E-state index contributed by atoms with van der Waals surface area (Å²) in [6, 6.07) is 11.9. The molecule has 1 atom stereocenters. The van der Waals surface area contributed by atoms with Crippen LogP contribution in [0.1, 0.15) is 86.6 Å². The van der Waals surface area contributed by atoms with Crippen molar-refractivity contribution in [3.8, 4) is 6.07 Å². The lowest BCUT2D eigenvalue weighted by Gasteiger charge is -2.29. The van der Waals surface area contributed by atoms with Gasteiger partial charge in [0.25, 0.3) is 0 Å². The molecule has 0 saturated heterocycles. The molecule has 0 aromatic heterocycles. The molecule has 0 bridgehead atoms. The molecule has 2 aromatic carbocycles. The fraction of sp³-hybridized carbons (Fsp3) is 0.480. The maximum Gasteiger partial charge on any atom is 0.383 e. The number of rotatable bonds is 7. The van der Waals surface area contributed by atoms with E-state index in [-0.39, 0.29) is 16.7 Å². The van der Waals surface area contributed by atoms with Crippen molar-refractivity contribution >= 4 is 0 Å². The zero-order chi connectivity index (χ0) is 21.7. The Hall–Kier alpha value is -2.32. The topological polar surface area (TPSA) is 33.0 Å². The molecule has 0 amide bonds. The predicted octanol–water partition coefficient (Wildman–Crippen LogP) is 7.60. The zero-order valence-electron chi connectivity index (χ0n) is 17.5. The van der Waals surface area contributed by atoms with E-state index in [2.05, 4.69) is 6.92 Å². The molecule has 2 aromatic rings. The summed E-state index contributed by atoms with van der Waals surface area (Å²) < 4.78 is 48.1. The molecule has 160 valence electrons. The normalized spacial score (nSPS) is 20.5. The van der Waals surface area contributed by atoms with E-state index >= 15 is 0 Å². The summed E-state index contributed by atoms with van der Waals surface area (Å²) in [5, 5.41) is 8.80. The molecule has 0 N–H and O–H groups in total. The van der Waals surface area contributed by atoms with Crippen LogP contribution >= 0.6 is 0 Å². The van der Waals surface area contributed by atoms with Crippen LogP contribution in [0.5, 0.6) is 0 Å². The van der Waals surface area contributed by atoms with Gasteiger partial charge in [-0.25, -0.2) is 4.39 Å². The standard InChI is InChI=1S/C25H28F3NO/c1-3-4-18-5-7-19(8-6-18)20-11-13-23(14-12-20)25(27,28)30-17(2)21-9-10-22(16-29)24(26)15-21/h9-15,17-19H,3-8H2,1-2H3. The largest absolute Gasteiger partial charge is 0.383 e. The second-order valence-corrected chi connectivity index (χ2v) is 8.26. The van der Waals surface area contributed by atoms with Gasteiger partial charge in [-0.1, -0.05) is 50.1 Å². The lowest BCUT2D eigenvalue weighted by atomic mass is 9.77. The molecule has 5 heteroatoms. The van der Waals surface area contributed by atoms with E-state index < -0.39 is 18.0 Å². The van der Waals surface area contributed by atoms with Crippen LogP contribution in [0.2, 0.25) is 0 Å². The third-order valence-electron chi connectivity index (χ3n) is 6.17. The maximum absolute atomic E-state index is 14.7.